The van der Waals surface area contributed by atoms with E-state index in [2.05, 4.69) is 0 Å². The van der Waals surface area contributed by atoms with Crippen molar-refractivity contribution in [3.8, 4) is 0 Å². The van der Waals surface area contributed by atoms with Crippen LogP contribution in [0.3, 0.4) is 0 Å². The van der Waals surface area contributed by atoms with Gasteiger partial charge >= 0.3 is 5.97 Å². The van der Waals surface area contributed by atoms with E-state index in [-0.39, 0.29) is 12.5 Å². The van der Waals surface area contributed by atoms with Crippen molar-refractivity contribution in [1.29, 1.82) is 0 Å². The number of hydrogen-bond acceptors (Lipinski definition) is 3. The van der Waals surface area contributed by atoms with E-state index < -0.39 is 5.97 Å². The molecule has 1 atom stereocenters. The fourth-order valence-corrected chi connectivity index (χ4v) is 1.47. The normalized spacial score (nSPS) is 18.4. The highest BCUT2D eigenvalue weighted by molar-refractivity contribution is 5.67. The van der Waals surface area contributed by atoms with Gasteiger partial charge in [-0.2, -0.15) is 0 Å². The van der Waals surface area contributed by atoms with Crippen LogP contribution in [-0.2, 0) is 4.79 Å². The quantitative estimate of drug-likeness (QED) is 0.635. The Bertz CT molecular complexity index is 281. The Morgan fingerprint density at radius 1 is 1.50 bits per heavy atom. The molecule has 0 spiro atoms. The Kier molecular flexibility index (Phi) is 3.71. The molecule has 0 aromatic rings. The lowest BCUT2D eigenvalue weighted by molar-refractivity contribution is -0.137. The van der Waals surface area contributed by atoms with Crippen LogP contribution in [-0.4, -0.2) is 22.2 Å². The van der Waals surface area contributed by atoms with Crippen LogP contribution in [0.25, 0.3) is 0 Å². The van der Waals surface area contributed by atoms with Gasteiger partial charge in [0.15, 0.2) is 0 Å². The summed E-state index contributed by atoms with van der Waals surface area (Å²) in [6.07, 6.45) is 5.46. The van der Waals surface area contributed by atoms with Gasteiger partial charge in [-0.3, -0.25) is 4.79 Å². The molecule has 0 saturated carbocycles. The number of aliphatic carboxylic acids is 1. The lowest BCUT2D eigenvalue weighted by Crippen LogP contribution is -2.24. The molecule has 0 fully saturated rings. The van der Waals surface area contributed by atoms with Crippen LogP contribution in [0.5, 0.6) is 0 Å². The molecular formula is C10H15NO3. The topological polar surface area (TPSA) is 83.6 Å². The smallest absolute Gasteiger partial charge is 0.304 e. The maximum Gasteiger partial charge on any atom is 0.304 e. The van der Waals surface area contributed by atoms with Gasteiger partial charge in [-0.15, -0.1) is 0 Å². The van der Waals surface area contributed by atoms with Crippen molar-refractivity contribution < 1.29 is 15.0 Å². The van der Waals surface area contributed by atoms with E-state index in [1.807, 2.05) is 6.08 Å². The predicted molar refractivity (Wildman–Crippen MR) is 52.9 cm³/mol. The van der Waals surface area contributed by atoms with Gasteiger partial charge in [-0.25, -0.2) is 0 Å². The third-order valence-electron chi connectivity index (χ3n) is 2.17. The first-order chi connectivity index (χ1) is 6.58. The van der Waals surface area contributed by atoms with Gasteiger partial charge in [-0.1, -0.05) is 11.6 Å². The van der Waals surface area contributed by atoms with Gasteiger partial charge in [0, 0.05) is 12.5 Å². The van der Waals surface area contributed by atoms with Crippen molar-refractivity contribution >= 4 is 5.97 Å². The fourth-order valence-electron chi connectivity index (χ4n) is 1.47. The highest BCUT2D eigenvalue weighted by Crippen LogP contribution is 2.20. The molecule has 1 aliphatic rings. The van der Waals surface area contributed by atoms with Gasteiger partial charge < -0.3 is 15.9 Å². The molecule has 0 radical (unpaired) electrons. The van der Waals surface area contributed by atoms with Gasteiger partial charge in [0.25, 0.3) is 0 Å². The number of aliphatic hydroxyl groups excluding tert-OH is 1. The summed E-state index contributed by atoms with van der Waals surface area (Å²) in [4.78, 5) is 10.4. The van der Waals surface area contributed by atoms with E-state index in [1.54, 1.807) is 6.08 Å². The molecule has 0 saturated heterocycles. The molecular weight excluding hydrogens is 182 g/mol. The van der Waals surface area contributed by atoms with E-state index in [4.69, 9.17) is 15.9 Å². The maximum absolute atomic E-state index is 10.4. The monoisotopic (exact) mass is 197 g/mol. The lowest BCUT2D eigenvalue weighted by atomic mass is 9.96. The second kappa shape index (κ2) is 4.81. The zero-order chi connectivity index (χ0) is 10.6. The average Bonchev–Trinajstić information content (AvgIpc) is 2.07. The number of hydrogen-bond donors (Lipinski definition) is 3. The van der Waals surface area contributed by atoms with E-state index >= 15 is 0 Å². The van der Waals surface area contributed by atoms with Gasteiger partial charge in [-0.05, 0) is 18.9 Å². The molecule has 4 heteroatoms. The maximum atomic E-state index is 10.4. The Morgan fingerprint density at radius 2 is 2.21 bits per heavy atom. The summed E-state index contributed by atoms with van der Waals surface area (Å²) in [7, 11) is 0. The number of rotatable bonds is 4. The van der Waals surface area contributed by atoms with Gasteiger partial charge in [0.2, 0.25) is 0 Å². The minimum atomic E-state index is -0.868. The van der Waals surface area contributed by atoms with E-state index in [1.165, 1.54) is 0 Å². The van der Waals surface area contributed by atoms with Crippen molar-refractivity contribution in [2.45, 2.75) is 31.7 Å². The molecule has 4 nitrogen and oxygen atoms in total. The van der Waals surface area contributed by atoms with Crippen molar-refractivity contribution in [3.63, 3.8) is 0 Å². The molecule has 1 aliphatic carbocycles. The second-order valence-corrected chi connectivity index (χ2v) is 3.54. The summed E-state index contributed by atoms with van der Waals surface area (Å²) in [5.41, 5.74) is 6.74. The van der Waals surface area contributed by atoms with Crippen LogP contribution in [0.4, 0.5) is 0 Å². The van der Waals surface area contributed by atoms with Crippen LogP contribution in [0.15, 0.2) is 23.5 Å². The van der Waals surface area contributed by atoms with Crippen molar-refractivity contribution in [2.24, 2.45) is 5.73 Å². The minimum absolute atomic E-state index is 0.00691. The lowest BCUT2D eigenvalue weighted by Gasteiger charge is -2.14. The SMILES string of the molecule is N[C@H](CC(=O)O)CC1=CC=C(O)CC1. The number of carbonyl (C=O) groups is 1. The third-order valence-corrected chi connectivity index (χ3v) is 2.17. The number of nitrogens with two attached hydrogens (primary N) is 1. The number of carboxylic acid groups (broad SMARTS) is 1. The Morgan fingerprint density at radius 3 is 2.71 bits per heavy atom. The Balaban J connectivity index is 2.41. The number of allylic oxidation sites excluding steroid dienone is 3. The predicted octanol–water partition coefficient (Wildman–Crippen LogP) is 1.34. The van der Waals surface area contributed by atoms with Crippen LogP contribution in [0.1, 0.15) is 25.7 Å². The summed E-state index contributed by atoms with van der Waals surface area (Å²) < 4.78 is 0. The van der Waals surface area contributed by atoms with Crippen LogP contribution in [0, 0.1) is 0 Å². The van der Waals surface area contributed by atoms with Crippen molar-refractivity contribution in [1.82, 2.24) is 0 Å². The zero-order valence-corrected chi connectivity index (χ0v) is 7.94. The van der Waals surface area contributed by atoms with E-state index in [0.29, 0.717) is 18.6 Å². The molecule has 0 bridgehead atoms. The van der Waals surface area contributed by atoms with Crippen LogP contribution in [0.2, 0.25) is 0 Å². The first kappa shape index (κ1) is 10.8. The summed E-state index contributed by atoms with van der Waals surface area (Å²) >= 11 is 0. The molecule has 0 heterocycles. The average molecular weight is 197 g/mol. The van der Waals surface area contributed by atoms with Gasteiger partial charge in [0.1, 0.15) is 0 Å². The molecule has 0 aliphatic heterocycles. The standard InChI is InChI=1S/C10H15NO3/c11-8(6-10(13)14)5-7-1-3-9(12)4-2-7/h1,3,8,12H,2,4-6,11H2,(H,13,14)/t8-/m0/s1. The van der Waals surface area contributed by atoms with E-state index in [0.717, 1.165) is 12.0 Å². The van der Waals surface area contributed by atoms with Crippen LogP contribution >= 0.6 is 0 Å². The Hall–Kier alpha value is -1.29. The summed E-state index contributed by atoms with van der Waals surface area (Å²) in [5.74, 6) is -0.493. The molecule has 4 N–H and O–H groups in total. The first-order valence-electron chi connectivity index (χ1n) is 4.63. The summed E-state index contributed by atoms with van der Waals surface area (Å²) in [5, 5.41) is 17.6. The fraction of sp³-hybridized carbons (Fsp3) is 0.500. The highest BCUT2D eigenvalue weighted by atomic mass is 16.4. The van der Waals surface area contributed by atoms with Gasteiger partial charge in [0.05, 0.1) is 12.2 Å². The molecule has 1 rings (SSSR count). The Labute approximate surface area is 82.7 Å². The molecule has 0 aromatic carbocycles. The molecule has 78 valence electrons. The molecule has 0 unspecified atom stereocenters. The largest absolute Gasteiger partial charge is 0.512 e. The number of carboxylic acids is 1. The number of aliphatic hydroxyl groups is 1. The molecule has 0 aromatic heterocycles. The molecule has 14 heavy (non-hydrogen) atoms. The summed E-state index contributed by atoms with van der Waals surface area (Å²) in [6.45, 7) is 0. The first-order valence-corrected chi connectivity index (χ1v) is 4.63. The van der Waals surface area contributed by atoms with Crippen molar-refractivity contribution in [2.75, 3.05) is 0 Å². The van der Waals surface area contributed by atoms with E-state index in [9.17, 15) is 4.79 Å². The van der Waals surface area contributed by atoms with Crippen molar-refractivity contribution in [3.05, 3.63) is 23.5 Å². The third kappa shape index (κ3) is 3.62. The molecule has 0 amide bonds. The second-order valence-electron chi connectivity index (χ2n) is 3.54. The minimum Gasteiger partial charge on any atom is -0.512 e. The highest BCUT2D eigenvalue weighted by Gasteiger charge is 2.12. The zero-order valence-electron chi connectivity index (χ0n) is 7.94. The van der Waals surface area contributed by atoms with Crippen LogP contribution < -0.4 is 5.73 Å². The summed E-state index contributed by atoms with van der Waals surface area (Å²) in [6, 6.07) is -0.326.